The summed E-state index contributed by atoms with van der Waals surface area (Å²) in [5.41, 5.74) is 2.20. The predicted molar refractivity (Wildman–Crippen MR) is 69.8 cm³/mol. The second-order valence-corrected chi connectivity index (χ2v) is 4.69. The molecule has 0 N–H and O–H groups in total. The highest BCUT2D eigenvalue weighted by atomic mass is 15.3. The molecule has 1 aliphatic rings. The Morgan fingerprint density at radius 2 is 2.22 bits per heavy atom. The second kappa shape index (κ2) is 4.40. The third-order valence-electron chi connectivity index (χ3n) is 3.29. The minimum Gasteiger partial charge on any atom is -0.361 e. The van der Waals surface area contributed by atoms with Crippen molar-refractivity contribution in [3.63, 3.8) is 0 Å². The monoisotopic (exact) mass is 243 g/mol. The van der Waals surface area contributed by atoms with E-state index in [9.17, 15) is 0 Å². The second-order valence-electron chi connectivity index (χ2n) is 4.69. The Bertz CT molecular complexity index is 560. The van der Waals surface area contributed by atoms with Crippen LogP contribution in [0.25, 0.3) is 5.82 Å². The van der Waals surface area contributed by atoms with E-state index in [1.807, 2.05) is 11.5 Å². The van der Waals surface area contributed by atoms with Gasteiger partial charge in [0.1, 0.15) is 6.33 Å². The minimum atomic E-state index is 0.817. The molecule has 2 aromatic rings. The van der Waals surface area contributed by atoms with Crippen molar-refractivity contribution in [2.45, 2.75) is 33.2 Å². The summed E-state index contributed by atoms with van der Waals surface area (Å²) in [5.74, 6) is 1.93. The maximum Gasteiger partial charge on any atom is 0.163 e. The third-order valence-corrected chi connectivity index (χ3v) is 3.29. The Balaban J connectivity index is 2.06. The first-order chi connectivity index (χ1) is 8.79. The lowest BCUT2D eigenvalue weighted by Gasteiger charge is -2.30. The Morgan fingerprint density at radius 1 is 1.33 bits per heavy atom. The van der Waals surface area contributed by atoms with Crippen molar-refractivity contribution < 1.29 is 0 Å². The van der Waals surface area contributed by atoms with Crippen LogP contribution < -0.4 is 4.90 Å². The van der Waals surface area contributed by atoms with E-state index < -0.39 is 0 Å². The first-order valence-corrected chi connectivity index (χ1v) is 6.41. The van der Waals surface area contributed by atoms with E-state index in [-0.39, 0.29) is 0 Å². The van der Waals surface area contributed by atoms with Gasteiger partial charge in [-0.3, -0.25) is 4.57 Å². The normalized spacial score (nSPS) is 13.3. The SMILES string of the molecule is CCCCN1Cc2nncn2-c2nc(C)ccc21. The quantitative estimate of drug-likeness (QED) is 0.828. The van der Waals surface area contributed by atoms with Crippen LogP contribution in [-0.4, -0.2) is 26.3 Å². The number of hydrogen-bond donors (Lipinski definition) is 0. The van der Waals surface area contributed by atoms with Gasteiger partial charge in [-0.25, -0.2) is 4.98 Å². The first-order valence-electron chi connectivity index (χ1n) is 6.41. The van der Waals surface area contributed by atoms with E-state index in [2.05, 4.69) is 39.1 Å². The largest absolute Gasteiger partial charge is 0.361 e. The van der Waals surface area contributed by atoms with E-state index >= 15 is 0 Å². The molecular weight excluding hydrogens is 226 g/mol. The van der Waals surface area contributed by atoms with E-state index in [1.165, 1.54) is 18.5 Å². The van der Waals surface area contributed by atoms with Crippen LogP contribution in [0.5, 0.6) is 0 Å². The standard InChI is InChI=1S/C13H17N5/c1-3-4-7-17-8-12-16-14-9-18(12)13-11(17)6-5-10(2)15-13/h5-6,9H,3-4,7-8H2,1-2H3. The molecule has 3 heterocycles. The van der Waals surface area contributed by atoms with Gasteiger partial charge in [0.05, 0.1) is 12.2 Å². The summed E-state index contributed by atoms with van der Waals surface area (Å²) < 4.78 is 1.99. The zero-order chi connectivity index (χ0) is 12.5. The predicted octanol–water partition coefficient (Wildman–Crippen LogP) is 2.09. The number of aryl methyl sites for hydroxylation is 1. The average molecular weight is 243 g/mol. The lowest BCUT2D eigenvalue weighted by atomic mass is 10.2. The molecule has 0 spiro atoms. The number of nitrogens with zero attached hydrogens (tertiary/aromatic N) is 5. The fourth-order valence-corrected chi connectivity index (χ4v) is 2.31. The molecule has 0 saturated carbocycles. The molecule has 1 aliphatic heterocycles. The summed E-state index contributed by atoms with van der Waals surface area (Å²) in [7, 11) is 0. The topological polar surface area (TPSA) is 46.8 Å². The van der Waals surface area contributed by atoms with E-state index in [1.54, 1.807) is 6.33 Å². The van der Waals surface area contributed by atoms with Crippen LogP contribution in [0.4, 0.5) is 5.69 Å². The number of pyridine rings is 1. The molecule has 3 rings (SSSR count). The molecule has 0 radical (unpaired) electrons. The van der Waals surface area contributed by atoms with Crippen molar-refractivity contribution in [2.75, 3.05) is 11.4 Å². The van der Waals surface area contributed by atoms with Crippen LogP contribution in [-0.2, 0) is 6.54 Å². The van der Waals surface area contributed by atoms with Gasteiger partial charge < -0.3 is 4.90 Å². The van der Waals surface area contributed by atoms with Crippen LogP contribution >= 0.6 is 0 Å². The van der Waals surface area contributed by atoms with Crippen LogP contribution in [0.1, 0.15) is 31.3 Å². The number of rotatable bonds is 3. The Hall–Kier alpha value is -1.91. The molecule has 0 fully saturated rings. The fourth-order valence-electron chi connectivity index (χ4n) is 2.31. The van der Waals surface area contributed by atoms with Crippen LogP contribution in [0, 0.1) is 6.92 Å². The fraction of sp³-hybridized carbons (Fsp3) is 0.462. The number of anilines is 1. The number of unbranched alkanes of at least 4 members (excludes halogenated alkanes) is 1. The molecule has 94 valence electrons. The van der Waals surface area contributed by atoms with E-state index in [0.717, 1.165) is 30.4 Å². The highest BCUT2D eigenvalue weighted by molar-refractivity contribution is 5.61. The van der Waals surface area contributed by atoms with Gasteiger partial charge in [-0.2, -0.15) is 0 Å². The Kier molecular flexibility index (Phi) is 2.74. The molecular formula is C13H17N5. The lowest BCUT2D eigenvalue weighted by Crippen LogP contribution is -2.31. The van der Waals surface area contributed by atoms with Crippen LogP contribution in [0.15, 0.2) is 18.5 Å². The number of fused-ring (bicyclic) bond motifs is 3. The molecule has 0 saturated heterocycles. The molecule has 2 aromatic heterocycles. The van der Waals surface area contributed by atoms with Crippen LogP contribution in [0.2, 0.25) is 0 Å². The first kappa shape index (κ1) is 11.2. The van der Waals surface area contributed by atoms with Crippen molar-refractivity contribution in [3.8, 4) is 5.82 Å². The number of aromatic nitrogens is 4. The molecule has 5 heteroatoms. The summed E-state index contributed by atoms with van der Waals surface area (Å²) in [4.78, 5) is 6.97. The third kappa shape index (κ3) is 1.75. The molecule has 0 atom stereocenters. The van der Waals surface area contributed by atoms with Crippen molar-refractivity contribution in [3.05, 3.63) is 30.0 Å². The van der Waals surface area contributed by atoms with Crippen molar-refractivity contribution in [1.29, 1.82) is 0 Å². The Morgan fingerprint density at radius 3 is 3.06 bits per heavy atom. The van der Waals surface area contributed by atoms with Crippen molar-refractivity contribution in [2.24, 2.45) is 0 Å². The van der Waals surface area contributed by atoms with Crippen LogP contribution in [0.3, 0.4) is 0 Å². The van der Waals surface area contributed by atoms with Gasteiger partial charge >= 0.3 is 0 Å². The maximum absolute atomic E-state index is 4.63. The molecule has 0 aromatic carbocycles. The van der Waals surface area contributed by atoms with Gasteiger partial charge in [0.15, 0.2) is 11.6 Å². The molecule has 0 bridgehead atoms. The number of hydrogen-bond acceptors (Lipinski definition) is 4. The van der Waals surface area contributed by atoms with Gasteiger partial charge in [-0.05, 0) is 25.5 Å². The molecule has 18 heavy (non-hydrogen) atoms. The molecule has 0 unspecified atom stereocenters. The maximum atomic E-state index is 4.63. The summed E-state index contributed by atoms with van der Waals surface area (Å²) in [6, 6.07) is 4.21. The zero-order valence-corrected chi connectivity index (χ0v) is 10.8. The van der Waals surface area contributed by atoms with Crippen molar-refractivity contribution in [1.82, 2.24) is 19.7 Å². The molecule has 0 amide bonds. The molecule has 5 nitrogen and oxygen atoms in total. The Labute approximate surface area is 106 Å². The van der Waals surface area contributed by atoms with E-state index in [0.29, 0.717) is 0 Å². The summed E-state index contributed by atoms with van der Waals surface area (Å²) in [6.07, 6.45) is 4.12. The van der Waals surface area contributed by atoms with E-state index in [4.69, 9.17) is 0 Å². The van der Waals surface area contributed by atoms with Gasteiger partial charge in [0.2, 0.25) is 0 Å². The van der Waals surface area contributed by atoms with Gasteiger partial charge in [0.25, 0.3) is 0 Å². The highest BCUT2D eigenvalue weighted by Crippen LogP contribution is 2.29. The smallest absolute Gasteiger partial charge is 0.163 e. The summed E-state index contributed by atoms with van der Waals surface area (Å²) >= 11 is 0. The highest BCUT2D eigenvalue weighted by Gasteiger charge is 2.23. The van der Waals surface area contributed by atoms with Gasteiger partial charge in [-0.1, -0.05) is 13.3 Å². The molecule has 0 aliphatic carbocycles. The van der Waals surface area contributed by atoms with Gasteiger partial charge in [-0.15, -0.1) is 10.2 Å². The van der Waals surface area contributed by atoms with Crippen molar-refractivity contribution >= 4 is 5.69 Å². The average Bonchev–Trinajstić information content (AvgIpc) is 2.84. The summed E-state index contributed by atoms with van der Waals surface area (Å²) in [5, 5.41) is 8.17. The summed E-state index contributed by atoms with van der Waals surface area (Å²) in [6.45, 7) is 6.08. The van der Waals surface area contributed by atoms with Gasteiger partial charge in [0, 0.05) is 12.2 Å². The zero-order valence-electron chi connectivity index (χ0n) is 10.8. The minimum absolute atomic E-state index is 0.817. The lowest BCUT2D eigenvalue weighted by molar-refractivity contribution is 0.662.